The molecule has 2 fully saturated rings. The zero-order valence-corrected chi connectivity index (χ0v) is 21.5. The van der Waals surface area contributed by atoms with Gasteiger partial charge in [-0.2, -0.15) is 0 Å². The van der Waals surface area contributed by atoms with Crippen molar-refractivity contribution in [3.05, 3.63) is 82.1 Å². The molecule has 0 atom stereocenters. The van der Waals surface area contributed by atoms with E-state index in [-0.39, 0.29) is 10.7 Å². The van der Waals surface area contributed by atoms with Crippen molar-refractivity contribution < 1.29 is 14.3 Å². The Kier molecular flexibility index (Phi) is 6.66. The Morgan fingerprint density at radius 2 is 1.56 bits per heavy atom. The molecule has 2 amide bonds. The van der Waals surface area contributed by atoms with Crippen molar-refractivity contribution in [1.82, 2.24) is 9.88 Å². The molecule has 9 heteroatoms. The number of carbonyl (C=O) groups excluding carboxylic acids is 2. The van der Waals surface area contributed by atoms with E-state index in [1.165, 1.54) is 4.90 Å². The molecule has 36 heavy (non-hydrogen) atoms. The third-order valence-corrected chi connectivity index (χ3v) is 6.98. The fourth-order valence-electron chi connectivity index (χ4n) is 4.60. The lowest BCUT2D eigenvalue weighted by molar-refractivity contribution is -0.122. The van der Waals surface area contributed by atoms with Crippen LogP contribution in [-0.2, 0) is 14.3 Å². The lowest BCUT2D eigenvalue weighted by atomic mass is 10.1. The summed E-state index contributed by atoms with van der Waals surface area (Å²) in [5, 5.41) is 3.21. The standard InChI is InChI=1S/C27H25ClN4O3S/c1-17-15-19(18(2)31(17)22-9-7-21(8-10-22)30-11-13-35-14-12-30)16-24-25(33)29-27(36)32(26(24)34)23-5-3-20(28)4-6-23/h3-10,15-16H,11-14H2,1-2H3,(H,29,33,36)/b24-16+. The molecule has 1 aromatic heterocycles. The predicted octanol–water partition coefficient (Wildman–Crippen LogP) is 4.42. The quantitative estimate of drug-likeness (QED) is 0.313. The van der Waals surface area contributed by atoms with E-state index in [4.69, 9.17) is 28.6 Å². The molecule has 7 nitrogen and oxygen atoms in total. The number of aryl methyl sites for hydroxylation is 1. The molecule has 3 aromatic rings. The largest absolute Gasteiger partial charge is 0.378 e. The summed E-state index contributed by atoms with van der Waals surface area (Å²) in [5.74, 6) is -0.999. The average Bonchev–Trinajstić information content (AvgIpc) is 3.16. The first-order chi connectivity index (χ1) is 17.3. The second-order valence-corrected chi connectivity index (χ2v) is 9.54. The van der Waals surface area contributed by atoms with Gasteiger partial charge in [0.2, 0.25) is 0 Å². The molecule has 184 valence electrons. The molecule has 2 aliphatic heterocycles. The predicted molar refractivity (Wildman–Crippen MR) is 146 cm³/mol. The summed E-state index contributed by atoms with van der Waals surface area (Å²) < 4.78 is 7.56. The van der Waals surface area contributed by atoms with Crippen LogP contribution in [0.2, 0.25) is 5.02 Å². The van der Waals surface area contributed by atoms with Crippen molar-refractivity contribution in [3.8, 4) is 5.69 Å². The Morgan fingerprint density at radius 3 is 2.22 bits per heavy atom. The maximum Gasteiger partial charge on any atom is 0.270 e. The van der Waals surface area contributed by atoms with Crippen LogP contribution in [0.5, 0.6) is 0 Å². The molecule has 3 heterocycles. The van der Waals surface area contributed by atoms with Gasteiger partial charge in [-0.25, -0.2) is 0 Å². The van der Waals surface area contributed by atoms with E-state index in [0.717, 1.165) is 54.6 Å². The number of hydrogen-bond acceptors (Lipinski definition) is 5. The smallest absolute Gasteiger partial charge is 0.270 e. The van der Waals surface area contributed by atoms with Crippen LogP contribution in [0, 0.1) is 13.8 Å². The van der Waals surface area contributed by atoms with E-state index >= 15 is 0 Å². The highest BCUT2D eigenvalue weighted by molar-refractivity contribution is 7.80. The monoisotopic (exact) mass is 520 g/mol. The maximum absolute atomic E-state index is 13.4. The van der Waals surface area contributed by atoms with Crippen molar-refractivity contribution in [1.29, 1.82) is 0 Å². The molecular formula is C27H25ClN4O3S. The van der Waals surface area contributed by atoms with Gasteiger partial charge in [-0.15, -0.1) is 0 Å². The van der Waals surface area contributed by atoms with E-state index in [1.54, 1.807) is 30.3 Å². The highest BCUT2D eigenvalue weighted by Crippen LogP contribution is 2.28. The van der Waals surface area contributed by atoms with Gasteiger partial charge in [0.05, 0.1) is 18.9 Å². The SMILES string of the molecule is Cc1cc(/C=C2\C(=O)NC(=S)N(c3ccc(Cl)cc3)C2=O)c(C)n1-c1ccc(N2CCOCC2)cc1. The number of benzene rings is 2. The Bertz CT molecular complexity index is 1370. The van der Waals surface area contributed by atoms with Crippen LogP contribution in [0.4, 0.5) is 11.4 Å². The van der Waals surface area contributed by atoms with E-state index in [2.05, 4.69) is 39.0 Å². The van der Waals surface area contributed by atoms with Gasteiger partial charge in [0.15, 0.2) is 5.11 Å². The first kappa shape index (κ1) is 24.2. The van der Waals surface area contributed by atoms with Crippen LogP contribution in [0.1, 0.15) is 17.0 Å². The van der Waals surface area contributed by atoms with Gasteiger partial charge >= 0.3 is 0 Å². The molecule has 2 saturated heterocycles. The van der Waals surface area contributed by atoms with Crippen LogP contribution in [0.15, 0.2) is 60.2 Å². The van der Waals surface area contributed by atoms with Gasteiger partial charge in [0, 0.05) is 40.9 Å². The molecular weight excluding hydrogens is 496 g/mol. The number of halogens is 1. The molecule has 2 aromatic carbocycles. The van der Waals surface area contributed by atoms with Crippen LogP contribution < -0.4 is 15.1 Å². The Morgan fingerprint density at radius 1 is 0.944 bits per heavy atom. The molecule has 0 aliphatic carbocycles. The zero-order chi connectivity index (χ0) is 25.4. The highest BCUT2D eigenvalue weighted by atomic mass is 35.5. The van der Waals surface area contributed by atoms with Crippen LogP contribution in [-0.4, -0.2) is 47.8 Å². The van der Waals surface area contributed by atoms with Crippen molar-refractivity contribution in [3.63, 3.8) is 0 Å². The Balaban J connectivity index is 1.46. The van der Waals surface area contributed by atoms with Crippen molar-refractivity contribution >= 4 is 58.2 Å². The minimum absolute atomic E-state index is 0.0152. The number of ether oxygens (including phenoxy) is 1. The molecule has 0 bridgehead atoms. The van der Waals surface area contributed by atoms with Gasteiger partial charge in [-0.1, -0.05) is 11.6 Å². The minimum atomic E-state index is -0.519. The highest BCUT2D eigenvalue weighted by Gasteiger charge is 2.34. The number of nitrogens with zero attached hydrogens (tertiary/aromatic N) is 3. The third-order valence-electron chi connectivity index (χ3n) is 6.44. The van der Waals surface area contributed by atoms with Crippen LogP contribution >= 0.6 is 23.8 Å². The van der Waals surface area contributed by atoms with Crippen LogP contribution in [0.3, 0.4) is 0 Å². The Hall–Kier alpha value is -3.46. The lowest BCUT2D eigenvalue weighted by Gasteiger charge is -2.29. The summed E-state index contributed by atoms with van der Waals surface area (Å²) >= 11 is 11.3. The van der Waals surface area contributed by atoms with Crippen molar-refractivity contribution in [2.75, 3.05) is 36.1 Å². The second kappa shape index (κ2) is 9.89. The summed E-state index contributed by atoms with van der Waals surface area (Å²) in [6.45, 7) is 7.21. The summed E-state index contributed by atoms with van der Waals surface area (Å²) in [7, 11) is 0. The van der Waals surface area contributed by atoms with Gasteiger partial charge in [0.25, 0.3) is 11.8 Å². The number of aromatic nitrogens is 1. The Labute approximate surface area is 219 Å². The number of anilines is 2. The maximum atomic E-state index is 13.4. The summed E-state index contributed by atoms with van der Waals surface area (Å²) in [6, 6.07) is 17.1. The lowest BCUT2D eigenvalue weighted by Crippen LogP contribution is -2.54. The van der Waals surface area contributed by atoms with Crippen molar-refractivity contribution in [2.45, 2.75) is 13.8 Å². The van der Waals surface area contributed by atoms with Gasteiger partial charge in [-0.05, 0) is 92.3 Å². The number of thiocarbonyl (C=S) groups is 1. The van der Waals surface area contributed by atoms with Crippen molar-refractivity contribution in [2.24, 2.45) is 0 Å². The first-order valence-electron chi connectivity index (χ1n) is 11.6. The first-order valence-corrected chi connectivity index (χ1v) is 12.4. The molecule has 0 unspecified atom stereocenters. The molecule has 0 spiro atoms. The van der Waals surface area contributed by atoms with E-state index < -0.39 is 11.8 Å². The number of hydrogen-bond donors (Lipinski definition) is 1. The molecule has 5 rings (SSSR count). The number of nitrogens with one attached hydrogen (secondary N) is 1. The van der Waals surface area contributed by atoms with E-state index in [1.807, 2.05) is 19.9 Å². The van der Waals surface area contributed by atoms with Gasteiger partial charge in [-0.3, -0.25) is 19.8 Å². The van der Waals surface area contributed by atoms with Gasteiger partial charge < -0.3 is 14.2 Å². The van der Waals surface area contributed by atoms with Gasteiger partial charge in [0.1, 0.15) is 5.57 Å². The third kappa shape index (κ3) is 4.55. The normalized spacial score (nSPS) is 17.6. The average molecular weight is 521 g/mol. The molecule has 0 radical (unpaired) electrons. The van der Waals surface area contributed by atoms with Crippen LogP contribution in [0.25, 0.3) is 11.8 Å². The zero-order valence-electron chi connectivity index (χ0n) is 20.0. The fraction of sp³-hybridized carbons (Fsp3) is 0.222. The molecule has 0 saturated carbocycles. The van der Waals surface area contributed by atoms with E-state index in [0.29, 0.717) is 10.7 Å². The minimum Gasteiger partial charge on any atom is -0.378 e. The van der Waals surface area contributed by atoms with E-state index in [9.17, 15) is 9.59 Å². The second-order valence-electron chi connectivity index (χ2n) is 8.71. The molecule has 2 aliphatic rings. The number of morpholine rings is 1. The molecule has 1 N–H and O–H groups in total. The number of rotatable bonds is 4. The topological polar surface area (TPSA) is 66.8 Å². The number of amides is 2. The number of carbonyl (C=O) groups is 2. The summed E-state index contributed by atoms with van der Waals surface area (Å²) in [4.78, 5) is 29.7. The fourth-order valence-corrected chi connectivity index (χ4v) is 5.01. The summed E-state index contributed by atoms with van der Waals surface area (Å²) in [5.41, 5.74) is 5.42. The summed E-state index contributed by atoms with van der Waals surface area (Å²) in [6.07, 6.45) is 1.63.